The van der Waals surface area contributed by atoms with Crippen LogP contribution in [0, 0.1) is 37.4 Å². The Hall–Kier alpha value is -2.70. The quantitative estimate of drug-likeness (QED) is 0.865. The van der Waals surface area contributed by atoms with Gasteiger partial charge in [0.2, 0.25) is 11.9 Å². The number of halogens is 1. The molecule has 2 N–H and O–H groups in total. The number of nitrogen functional groups attached to an aromatic ring is 1. The van der Waals surface area contributed by atoms with Gasteiger partial charge in [-0.2, -0.15) is 4.98 Å². The molecule has 0 unspecified atom stereocenters. The lowest BCUT2D eigenvalue weighted by atomic mass is 9.89. The minimum absolute atomic E-state index is 0.0885. The van der Waals surface area contributed by atoms with E-state index in [1.54, 1.807) is 12.1 Å². The average Bonchev–Trinajstić information content (AvgIpc) is 3.35. The fraction of sp³-hybridized carbons (Fsp3) is 0.500. The zero-order valence-electron chi connectivity index (χ0n) is 16.8. The van der Waals surface area contributed by atoms with E-state index >= 15 is 0 Å². The summed E-state index contributed by atoms with van der Waals surface area (Å²) in [6.07, 6.45) is 1.96. The van der Waals surface area contributed by atoms with Crippen molar-refractivity contribution in [3.05, 3.63) is 46.9 Å². The highest BCUT2D eigenvalue weighted by atomic mass is 19.1. The predicted octanol–water partition coefficient (Wildman–Crippen LogP) is 2.86. The summed E-state index contributed by atoms with van der Waals surface area (Å²) in [5.41, 5.74) is 8.72. The summed E-state index contributed by atoms with van der Waals surface area (Å²) >= 11 is 0. The molecule has 3 atom stereocenters. The number of hydrogen-bond acceptors (Lipinski definition) is 5. The third kappa shape index (κ3) is 3.12. The molecule has 3 fully saturated rings. The monoisotopic (exact) mass is 395 g/mol. The van der Waals surface area contributed by atoms with Crippen molar-refractivity contribution >= 4 is 17.7 Å². The van der Waals surface area contributed by atoms with Gasteiger partial charge in [-0.1, -0.05) is 12.1 Å². The fourth-order valence-corrected chi connectivity index (χ4v) is 5.07. The molecule has 5 rings (SSSR count). The summed E-state index contributed by atoms with van der Waals surface area (Å²) in [6.45, 7) is 6.28. The van der Waals surface area contributed by atoms with Crippen LogP contribution in [0.25, 0.3) is 0 Å². The van der Waals surface area contributed by atoms with E-state index in [-0.39, 0.29) is 35.6 Å². The SMILES string of the molecule is Cc1nc(N)nc(N2C[C@H]3CN(C(=O)C4CC4)[C@H](c4cccc(F)c4)[C@H]3C2)c1C. The lowest BCUT2D eigenvalue weighted by molar-refractivity contribution is -0.134. The first kappa shape index (κ1) is 18.3. The Labute approximate surface area is 169 Å². The molecule has 2 saturated heterocycles. The van der Waals surface area contributed by atoms with Gasteiger partial charge in [0.1, 0.15) is 11.6 Å². The molecular formula is C22H26FN5O. The van der Waals surface area contributed by atoms with Crippen molar-refractivity contribution in [2.45, 2.75) is 32.7 Å². The molecule has 29 heavy (non-hydrogen) atoms. The van der Waals surface area contributed by atoms with E-state index in [0.29, 0.717) is 5.92 Å². The number of carbonyl (C=O) groups excluding carboxylic acids is 1. The van der Waals surface area contributed by atoms with Crippen LogP contribution in [0.1, 0.15) is 35.7 Å². The molecule has 1 saturated carbocycles. The zero-order chi connectivity index (χ0) is 20.3. The van der Waals surface area contributed by atoms with Crippen LogP contribution in [0.3, 0.4) is 0 Å². The van der Waals surface area contributed by atoms with Gasteiger partial charge in [-0.05, 0) is 44.4 Å². The standard InChI is InChI=1S/C22H26FN5O/c1-12-13(2)25-22(24)26-20(12)27-9-16-10-28(21(29)14-6-7-14)19(18(16)11-27)15-4-3-5-17(23)8-15/h3-5,8,14,16,18-19H,6-7,9-11H2,1-2H3,(H2,24,25,26)/t16-,18-,19+/m0/s1. The number of rotatable bonds is 3. The molecule has 0 spiro atoms. The van der Waals surface area contributed by atoms with E-state index in [1.165, 1.54) is 6.07 Å². The molecule has 3 heterocycles. The molecule has 0 bridgehead atoms. The number of hydrogen-bond donors (Lipinski definition) is 1. The second-order valence-electron chi connectivity index (χ2n) is 8.71. The van der Waals surface area contributed by atoms with Crippen molar-refractivity contribution in [1.82, 2.24) is 14.9 Å². The van der Waals surface area contributed by atoms with Gasteiger partial charge in [0.25, 0.3) is 0 Å². The molecule has 0 radical (unpaired) electrons. The molecule has 7 heteroatoms. The molecule has 2 aliphatic heterocycles. The number of benzene rings is 1. The summed E-state index contributed by atoms with van der Waals surface area (Å²) in [6, 6.07) is 6.64. The van der Waals surface area contributed by atoms with Gasteiger partial charge < -0.3 is 15.5 Å². The molecule has 1 aromatic carbocycles. The maximum atomic E-state index is 14.0. The Morgan fingerprint density at radius 2 is 1.97 bits per heavy atom. The molecule has 6 nitrogen and oxygen atoms in total. The Balaban J connectivity index is 1.48. The third-order valence-electron chi connectivity index (χ3n) is 6.74. The largest absolute Gasteiger partial charge is 0.368 e. The summed E-state index contributed by atoms with van der Waals surface area (Å²) in [5.74, 6) is 1.88. The molecule has 152 valence electrons. The van der Waals surface area contributed by atoms with Crippen LogP contribution < -0.4 is 10.6 Å². The Bertz CT molecular complexity index is 976. The first-order chi connectivity index (χ1) is 13.9. The Morgan fingerprint density at radius 3 is 2.69 bits per heavy atom. The molecular weight excluding hydrogens is 369 g/mol. The number of nitrogens with zero attached hydrogens (tertiary/aromatic N) is 4. The first-order valence-corrected chi connectivity index (χ1v) is 10.3. The maximum Gasteiger partial charge on any atom is 0.226 e. The third-order valence-corrected chi connectivity index (χ3v) is 6.74. The van der Waals surface area contributed by atoms with Gasteiger partial charge in [0.05, 0.1) is 6.04 Å². The number of amides is 1. The predicted molar refractivity (Wildman–Crippen MR) is 109 cm³/mol. The van der Waals surface area contributed by atoms with Crippen molar-refractivity contribution in [2.24, 2.45) is 17.8 Å². The Kier molecular flexibility index (Phi) is 4.22. The average molecular weight is 395 g/mol. The highest BCUT2D eigenvalue weighted by molar-refractivity contribution is 5.82. The second kappa shape index (κ2) is 6.68. The van der Waals surface area contributed by atoms with Crippen LogP contribution in [0.2, 0.25) is 0 Å². The lowest BCUT2D eigenvalue weighted by Gasteiger charge is -2.31. The van der Waals surface area contributed by atoms with Crippen LogP contribution in [0.5, 0.6) is 0 Å². The first-order valence-electron chi connectivity index (χ1n) is 10.3. The van der Waals surface area contributed by atoms with Crippen LogP contribution in [-0.4, -0.2) is 40.4 Å². The lowest BCUT2D eigenvalue weighted by Crippen LogP contribution is -2.37. The minimum Gasteiger partial charge on any atom is -0.368 e. The summed E-state index contributed by atoms with van der Waals surface area (Å²) in [4.78, 5) is 26.0. The molecule has 1 aromatic heterocycles. The highest BCUT2D eigenvalue weighted by Gasteiger charge is 2.51. The van der Waals surface area contributed by atoms with Gasteiger partial charge in [-0.3, -0.25) is 4.79 Å². The number of likely N-dealkylation sites (tertiary alicyclic amines) is 1. The van der Waals surface area contributed by atoms with Crippen molar-refractivity contribution in [3.8, 4) is 0 Å². The number of carbonyl (C=O) groups is 1. The summed E-state index contributed by atoms with van der Waals surface area (Å²) < 4.78 is 14.0. The van der Waals surface area contributed by atoms with E-state index in [9.17, 15) is 9.18 Å². The van der Waals surface area contributed by atoms with E-state index in [0.717, 1.165) is 55.1 Å². The van der Waals surface area contributed by atoms with Gasteiger partial charge >= 0.3 is 0 Å². The highest BCUT2D eigenvalue weighted by Crippen LogP contribution is 2.48. The second-order valence-corrected chi connectivity index (χ2v) is 8.71. The van der Waals surface area contributed by atoms with Gasteiger partial charge in [-0.15, -0.1) is 0 Å². The van der Waals surface area contributed by atoms with Crippen LogP contribution in [0.4, 0.5) is 16.2 Å². The van der Waals surface area contributed by atoms with Gasteiger partial charge in [-0.25, -0.2) is 9.37 Å². The maximum absolute atomic E-state index is 14.0. The van der Waals surface area contributed by atoms with Crippen molar-refractivity contribution in [3.63, 3.8) is 0 Å². The number of anilines is 2. The van der Waals surface area contributed by atoms with E-state index in [2.05, 4.69) is 14.9 Å². The fourth-order valence-electron chi connectivity index (χ4n) is 5.07. The van der Waals surface area contributed by atoms with Crippen molar-refractivity contribution in [1.29, 1.82) is 0 Å². The Morgan fingerprint density at radius 1 is 1.17 bits per heavy atom. The summed E-state index contributed by atoms with van der Waals surface area (Å²) in [5, 5.41) is 0. The summed E-state index contributed by atoms with van der Waals surface area (Å²) in [7, 11) is 0. The van der Waals surface area contributed by atoms with Crippen molar-refractivity contribution < 1.29 is 9.18 Å². The smallest absolute Gasteiger partial charge is 0.226 e. The zero-order valence-corrected chi connectivity index (χ0v) is 16.8. The number of aryl methyl sites for hydroxylation is 1. The van der Waals surface area contributed by atoms with Gasteiger partial charge in [0.15, 0.2) is 0 Å². The van der Waals surface area contributed by atoms with Crippen LogP contribution in [-0.2, 0) is 4.79 Å². The number of aromatic nitrogens is 2. The van der Waals surface area contributed by atoms with E-state index < -0.39 is 0 Å². The molecule has 3 aliphatic rings. The van der Waals surface area contributed by atoms with E-state index in [1.807, 2.05) is 24.8 Å². The van der Waals surface area contributed by atoms with Crippen LogP contribution >= 0.6 is 0 Å². The molecule has 2 aromatic rings. The minimum atomic E-state index is -0.255. The number of fused-ring (bicyclic) bond motifs is 1. The molecule has 1 amide bonds. The topological polar surface area (TPSA) is 75.3 Å². The van der Waals surface area contributed by atoms with E-state index in [4.69, 9.17) is 5.73 Å². The number of nitrogens with two attached hydrogens (primary N) is 1. The van der Waals surface area contributed by atoms with Crippen LogP contribution in [0.15, 0.2) is 24.3 Å². The van der Waals surface area contributed by atoms with Crippen molar-refractivity contribution in [2.75, 3.05) is 30.3 Å². The van der Waals surface area contributed by atoms with Gasteiger partial charge in [0, 0.05) is 48.6 Å². The molecule has 1 aliphatic carbocycles. The normalized spacial score (nSPS) is 26.1.